The minimum absolute atomic E-state index is 0.0321. The number of nitrogens with two attached hydrogens (primary N) is 1. The van der Waals surface area contributed by atoms with E-state index in [0.717, 1.165) is 0 Å². The van der Waals surface area contributed by atoms with E-state index >= 15 is 0 Å². The Balaban J connectivity index is 2.86. The summed E-state index contributed by atoms with van der Waals surface area (Å²) in [5.41, 5.74) is 6.67. The average molecular weight is 387 g/mol. The van der Waals surface area contributed by atoms with E-state index in [9.17, 15) is 4.39 Å². The molecule has 0 spiro atoms. The largest absolute Gasteiger partial charge is 0.330 e. The summed E-state index contributed by atoms with van der Waals surface area (Å²) in [6.45, 7) is 0.348. The predicted octanol–water partition coefficient (Wildman–Crippen LogP) is 6.26. The maximum Gasteiger partial charge on any atom is 0.131 e. The zero-order valence-corrected chi connectivity index (χ0v) is 14.3. The molecule has 2 aromatic carbocycles. The summed E-state index contributed by atoms with van der Waals surface area (Å²) in [6, 6.07) is 4.64. The molecule has 0 unspecified atom stereocenters. The minimum Gasteiger partial charge on any atom is -0.330 e. The summed E-state index contributed by atoms with van der Waals surface area (Å²) in [7, 11) is 0. The third-order valence-corrected chi connectivity index (χ3v) is 5.25. The Kier molecular flexibility index (Phi) is 5.64. The smallest absolute Gasteiger partial charge is 0.131 e. The van der Waals surface area contributed by atoms with Crippen molar-refractivity contribution in [3.63, 3.8) is 0 Å². The molecule has 0 aliphatic rings. The Morgan fingerprint density at radius 1 is 0.810 bits per heavy atom. The molecule has 0 radical (unpaired) electrons. The summed E-state index contributed by atoms with van der Waals surface area (Å²) in [5, 5.41) is 0.210. The molecule has 0 saturated heterocycles. The predicted molar refractivity (Wildman–Crippen MR) is 89.6 cm³/mol. The molecule has 0 fully saturated rings. The molecule has 0 heterocycles. The van der Waals surface area contributed by atoms with Crippen molar-refractivity contribution in [2.24, 2.45) is 5.73 Å². The Morgan fingerprint density at radius 3 is 1.86 bits per heavy atom. The van der Waals surface area contributed by atoms with Crippen LogP contribution in [0.4, 0.5) is 4.39 Å². The van der Waals surface area contributed by atoms with Crippen LogP contribution >= 0.6 is 58.0 Å². The van der Waals surface area contributed by atoms with Gasteiger partial charge in [-0.3, -0.25) is 0 Å². The molecule has 112 valence electrons. The van der Waals surface area contributed by atoms with Crippen LogP contribution < -0.4 is 5.73 Å². The van der Waals surface area contributed by atoms with Gasteiger partial charge in [-0.2, -0.15) is 0 Å². The minimum atomic E-state index is -0.487. The van der Waals surface area contributed by atoms with Crippen molar-refractivity contribution in [3.8, 4) is 11.1 Å². The summed E-state index contributed by atoms with van der Waals surface area (Å²) < 4.78 is 14.3. The molecule has 0 amide bonds. The van der Waals surface area contributed by atoms with Crippen molar-refractivity contribution < 1.29 is 4.39 Å². The highest BCUT2D eigenvalue weighted by atomic mass is 35.5. The van der Waals surface area contributed by atoms with Crippen molar-refractivity contribution in [2.75, 3.05) is 6.54 Å². The van der Waals surface area contributed by atoms with E-state index in [1.54, 1.807) is 12.1 Å². The number of benzene rings is 2. The van der Waals surface area contributed by atoms with Gasteiger partial charge >= 0.3 is 0 Å². The fraction of sp³-hybridized carbons (Fsp3) is 0.143. The van der Waals surface area contributed by atoms with Crippen LogP contribution in [0, 0.1) is 5.82 Å². The van der Waals surface area contributed by atoms with Gasteiger partial charge in [-0.25, -0.2) is 4.39 Å². The quantitative estimate of drug-likeness (QED) is 0.488. The van der Waals surface area contributed by atoms with Crippen molar-refractivity contribution in [2.45, 2.75) is 6.42 Å². The van der Waals surface area contributed by atoms with Gasteiger partial charge in [0, 0.05) is 11.1 Å². The fourth-order valence-corrected chi connectivity index (χ4v) is 3.36. The summed E-state index contributed by atoms with van der Waals surface area (Å²) in [6.07, 6.45) is 0.456. The van der Waals surface area contributed by atoms with Gasteiger partial charge in [0.15, 0.2) is 0 Å². The first-order chi connectivity index (χ1) is 9.90. The molecule has 0 bridgehead atoms. The zero-order chi connectivity index (χ0) is 15.7. The third kappa shape index (κ3) is 3.12. The average Bonchev–Trinajstić information content (AvgIpc) is 2.46. The van der Waals surface area contributed by atoms with E-state index in [2.05, 4.69) is 0 Å². The molecule has 0 saturated carbocycles. The van der Waals surface area contributed by atoms with E-state index in [-0.39, 0.29) is 36.2 Å². The van der Waals surface area contributed by atoms with Gasteiger partial charge in [0.05, 0.1) is 25.1 Å². The highest BCUT2D eigenvalue weighted by Gasteiger charge is 2.24. The summed E-state index contributed by atoms with van der Waals surface area (Å²) >= 11 is 30.4. The van der Waals surface area contributed by atoms with Crippen LogP contribution in [-0.4, -0.2) is 6.54 Å². The van der Waals surface area contributed by atoms with Gasteiger partial charge in [-0.1, -0.05) is 70.1 Å². The third-order valence-electron chi connectivity index (χ3n) is 2.97. The number of hydrogen-bond acceptors (Lipinski definition) is 1. The lowest BCUT2D eigenvalue weighted by Gasteiger charge is -2.16. The van der Waals surface area contributed by atoms with E-state index in [0.29, 0.717) is 18.5 Å². The normalized spacial score (nSPS) is 11.0. The molecule has 2 N–H and O–H groups in total. The van der Waals surface area contributed by atoms with Crippen LogP contribution in [0.5, 0.6) is 0 Å². The van der Waals surface area contributed by atoms with Crippen LogP contribution in [0.1, 0.15) is 5.56 Å². The first-order valence-corrected chi connectivity index (χ1v) is 7.78. The Labute approximate surface area is 146 Å². The van der Waals surface area contributed by atoms with E-state index in [1.807, 2.05) is 0 Å². The van der Waals surface area contributed by atoms with Crippen LogP contribution in [0.15, 0.2) is 18.2 Å². The molecule has 21 heavy (non-hydrogen) atoms. The monoisotopic (exact) mass is 385 g/mol. The van der Waals surface area contributed by atoms with Crippen molar-refractivity contribution in [3.05, 3.63) is 54.7 Å². The van der Waals surface area contributed by atoms with E-state index < -0.39 is 5.82 Å². The van der Waals surface area contributed by atoms with Crippen molar-refractivity contribution in [1.82, 2.24) is 0 Å². The molecule has 0 aliphatic heterocycles. The Hall–Kier alpha value is -0.220. The lowest BCUT2D eigenvalue weighted by Crippen LogP contribution is -2.05. The Morgan fingerprint density at radius 2 is 1.33 bits per heavy atom. The number of halogens is 6. The first kappa shape index (κ1) is 17.1. The highest BCUT2D eigenvalue weighted by Crippen LogP contribution is 2.49. The van der Waals surface area contributed by atoms with Crippen LogP contribution in [0.25, 0.3) is 11.1 Å². The topological polar surface area (TPSA) is 26.0 Å². The molecule has 0 atom stereocenters. The summed E-state index contributed by atoms with van der Waals surface area (Å²) in [4.78, 5) is 0. The van der Waals surface area contributed by atoms with Gasteiger partial charge in [0.25, 0.3) is 0 Å². The van der Waals surface area contributed by atoms with Gasteiger partial charge < -0.3 is 5.73 Å². The SMILES string of the molecule is NCCc1cccc(F)c1-c1c(Cl)c(Cl)c(Cl)c(Cl)c1Cl. The second-order valence-electron chi connectivity index (χ2n) is 4.26. The van der Waals surface area contributed by atoms with E-state index in [4.69, 9.17) is 63.7 Å². The lowest BCUT2D eigenvalue weighted by atomic mass is 9.96. The fourth-order valence-electron chi connectivity index (χ4n) is 2.04. The van der Waals surface area contributed by atoms with Crippen LogP contribution in [0.2, 0.25) is 25.1 Å². The second kappa shape index (κ2) is 6.91. The van der Waals surface area contributed by atoms with Crippen LogP contribution in [-0.2, 0) is 6.42 Å². The highest BCUT2D eigenvalue weighted by molar-refractivity contribution is 6.56. The van der Waals surface area contributed by atoms with Gasteiger partial charge in [-0.15, -0.1) is 0 Å². The Bertz CT molecular complexity index is 673. The van der Waals surface area contributed by atoms with Crippen LogP contribution in [0.3, 0.4) is 0 Å². The first-order valence-electron chi connectivity index (χ1n) is 5.89. The van der Waals surface area contributed by atoms with Gasteiger partial charge in [0.2, 0.25) is 0 Å². The lowest BCUT2D eigenvalue weighted by molar-refractivity contribution is 0.629. The maximum absolute atomic E-state index is 14.3. The molecular weight excluding hydrogens is 378 g/mol. The maximum atomic E-state index is 14.3. The molecular formula is C14H9Cl5FN. The van der Waals surface area contributed by atoms with Crippen molar-refractivity contribution >= 4 is 58.0 Å². The van der Waals surface area contributed by atoms with Gasteiger partial charge in [-0.05, 0) is 24.6 Å². The molecule has 7 heteroatoms. The van der Waals surface area contributed by atoms with Crippen molar-refractivity contribution in [1.29, 1.82) is 0 Å². The zero-order valence-electron chi connectivity index (χ0n) is 10.5. The van der Waals surface area contributed by atoms with E-state index in [1.165, 1.54) is 6.07 Å². The summed E-state index contributed by atoms with van der Waals surface area (Å²) in [5.74, 6) is -0.487. The molecule has 0 aromatic heterocycles. The molecule has 2 rings (SSSR count). The van der Waals surface area contributed by atoms with Gasteiger partial charge in [0.1, 0.15) is 5.82 Å². The number of hydrogen-bond donors (Lipinski definition) is 1. The standard InChI is InChI=1S/C14H9Cl5FN/c15-10-9(11(16)13(18)14(19)12(10)17)8-6(4-5-21)2-1-3-7(8)20/h1-3H,4-5,21H2. The molecule has 0 aliphatic carbocycles. The molecule has 1 nitrogen and oxygen atoms in total. The number of rotatable bonds is 3. The molecule has 2 aromatic rings. The second-order valence-corrected chi connectivity index (χ2v) is 6.15.